The van der Waals surface area contributed by atoms with Crippen LogP contribution in [0.5, 0.6) is 0 Å². The molecule has 5 nitrogen and oxygen atoms in total. The van der Waals surface area contributed by atoms with Gasteiger partial charge in [0.15, 0.2) is 0 Å². The highest BCUT2D eigenvalue weighted by Gasteiger charge is 2.20. The highest BCUT2D eigenvalue weighted by atomic mass is 35.5. The first kappa shape index (κ1) is 16.5. The van der Waals surface area contributed by atoms with Crippen LogP contribution in [-0.2, 0) is 4.79 Å². The van der Waals surface area contributed by atoms with Gasteiger partial charge in [0.2, 0.25) is 0 Å². The van der Waals surface area contributed by atoms with E-state index in [4.69, 9.17) is 16.7 Å². The number of nitrogens with zero attached hydrogens (tertiary/aromatic N) is 2. The molecule has 0 bridgehead atoms. The Morgan fingerprint density at radius 2 is 2.00 bits per heavy atom. The van der Waals surface area contributed by atoms with E-state index in [9.17, 15) is 9.59 Å². The average molecular weight is 339 g/mol. The Morgan fingerprint density at radius 3 is 2.59 bits per heavy atom. The largest absolute Gasteiger partial charge is 0.481 e. The van der Waals surface area contributed by atoms with Crippen LogP contribution in [0.25, 0.3) is 10.6 Å². The molecule has 1 N–H and O–H groups in total. The second-order valence-electron chi connectivity index (χ2n) is 4.97. The molecule has 1 aromatic carbocycles. The zero-order valence-corrected chi connectivity index (χ0v) is 13.7. The summed E-state index contributed by atoms with van der Waals surface area (Å²) in [5.41, 5.74) is 1.20. The van der Waals surface area contributed by atoms with Crippen molar-refractivity contribution in [3.05, 3.63) is 40.4 Å². The van der Waals surface area contributed by atoms with Gasteiger partial charge < -0.3 is 10.0 Å². The zero-order valence-electron chi connectivity index (χ0n) is 12.1. The summed E-state index contributed by atoms with van der Waals surface area (Å²) < 4.78 is 0. The van der Waals surface area contributed by atoms with Crippen molar-refractivity contribution >= 4 is 34.8 Å². The lowest BCUT2D eigenvalue weighted by Gasteiger charge is -2.18. The molecule has 0 saturated heterocycles. The number of rotatable bonds is 5. The van der Waals surface area contributed by atoms with Gasteiger partial charge in [-0.05, 0) is 12.1 Å². The molecule has 2 rings (SSSR count). The van der Waals surface area contributed by atoms with Gasteiger partial charge in [-0.1, -0.05) is 30.7 Å². The fourth-order valence-corrected chi connectivity index (χ4v) is 2.79. The number of aromatic nitrogens is 1. The van der Waals surface area contributed by atoms with Crippen LogP contribution in [0.3, 0.4) is 0 Å². The topological polar surface area (TPSA) is 70.5 Å². The third-order valence-electron chi connectivity index (χ3n) is 3.13. The molecule has 0 radical (unpaired) electrons. The summed E-state index contributed by atoms with van der Waals surface area (Å²) in [6.07, 6.45) is 0. The summed E-state index contributed by atoms with van der Waals surface area (Å²) in [6, 6.07) is 7.21. The standard InChI is InChI=1S/C15H15ClN2O3S/c1-9(15(20)21)7-18(2)14(19)12-8-22-13(17-12)10-3-5-11(16)6-4-10/h3-6,8-9H,7H2,1-2H3,(H,20,21)/t9-/m0/s1. The van der Waals surface area contributed by atoms with Gasteiger partial charge in [0, 0.05) is 29.6 Å². The van der Waals surface area contributed by atoms with E-state index in [0.717, 1.165) is 10.6 Å². The molecule has 22 heavy (non-hydrogen) atoms. The molecule has 0 saturated carbocycles. The lowest BCUT2D eigenvalue weighted by molar-refractivity contribution is -0.141. The molecule has 0 fully saturated rings. The summed E-state index contributed by atoms with van der Waals surface area (Å²) in [6.45, 7) is 1.70. The quantitative estimate of drug-likeness (QED) is 0.908. The predicted octanol–water partition coefficient (Wildman–Crippen LogP) is 3.26. The van der Waals surface area contributed by atoms with E-state index >= 15 is 0 Å². The molecule has 0 spiro atoms. The maximum Gasteiger partial charge on any atom is 0.308 e. The van der Waals surface area contributed by atoms with E-state index in [1.807, 2.05) is 12.1 Å². The molecule has 1 atom stereocenters. The first-order valence-corrected chi connectivity index (χ1v) is 7.84. The summed E-state index contributed by atoms with van der Waals surface area (Å²) >= 11 is 7.21. The maximum atomic E-state index is 12.3. The highest BCUT2D eigenvalue weighted by molar-refractivity contribution is 7.13. The Balaban J connectivity index is 2.12. The molecule has 1 heterocycles. The molecule has 2 aromatic rings. The van der Waals surface area contributed by atoms with Gasteiger partial charge in [0.05, 0.1) is 5.92 Å². The summed E-state index contributed by atoms with van der Waals surface area (Å²) in [7, 11) is 1.57. The van der Waals surface area contributed by atoms with Crippen molar-refractivity contribution in [2.75, 3.05) is 13.6 Å². The number of carboxylic acid groups (broad SMARTS) is 1. The molecular formula is C15H15ClN2O3S. The predicted molar refractivity (Wildman–Crippen MR) is 86.3 cm³/mol. The number of thiazole rings is 1. The Bertz CT molecular complexity index is 684. The molecule has 0 aliphatic heterocycles. The zero-order chi connectivity index (χ0) is 16.3. The first-order valence-electron chi connectivity index (χ1n) is 6.58. The van der Waals surface area contributed by atoms with Gasteiger partial charge in [0.25, 0.3) is 5.91 Å². The third kappa shape index (κ3) is 3.84. The number of amides is 1. The van der Waals surface area contributed by atoms with E-state index in [1.165, 1.54) is 16.2 Å². The van der Waals surface area contributed by atoms with Crippen molar-refractivity contribution in [3.63, 3.8) is 0 Å². The number of carbonyl (C=O) groups excluding carboxylic acids is 1. The number of hydrogen-bond acceptors (Lipinski definition) is 4. The van der Waals surface area contributed by atoms with Crippen molar-refractivity contribution in [2.24, 2.45) is 5.92 Å². The van der Waals surface area contributed by atoms with E-state index in [1.54, 1.807) is 31.5 Å². The van der Waals surface area contributed by atoms with Gasteiger partial charge >= 0.3 is 5.97 Å². The first-order chi connectivity index (χ1) is 10.4. The number of hydrogen-bond donors (Lipinski definition) is 1. The van der Waals surface area contributed by atoms with Crippen LogP contribution in [0.15, 0.2) is 29.6 Å². The van der Waals surface area contributed by atoms with Crippen LogP contribution in [0.1, 0.15) is 17.4 Å². The fraction of sp³-hybridized carbons (Fsp3) is 0.267. The SMILES string of the molecule is C[C@@H](CN(C)C(=O)c1csc(-c2ccc(Cl)cc2)n1)C(=O)O. The maximum absolute atomic E-state index is 12.3. The minimum atomic E-state index is -0.931. The van der Waals surface area contributed by atoms with Gasteiger partial charge in [-0.2, -0.15) is 0 Å². The molecule has 116 valence electrons. The van der Waals surface area contributed by atoms with Crippen LogP contribution >= 0.6 is 22.9 Å². The number of carboxylic acids is 1. The van der Waals surface area contributed by atoms with Crippen LogP contribution in [0.4, 0.5) is 0 Å². The Labute approximate surface area is 137 Å². The van der Waals surface area contributed by atoms with Crippen LogP contribution in [0.2, 0.25) is 5.02 Å². The molecule has 1 aromatic heterocycles. The molecule has 1 amide bonds. The molecule has 7 heteroatoms. The molecule has 0 aliphatic carbocycles. The second-order valence-corrected chi connectivity index (χ2v) is 6.26. The lowest BCUT2D eigenvalue weighted by atomic mass is 10.2. The van der Waals surface area contributed by atoms with Crippen molar-refractivity contribution in [2.45, 2.75) is 6.92 Å². The average Bonchev–Trinajstić information content (AvgIpc) is 2.96. The molecule has 0 unspecified atom stereocenters. The smallest absolute Gasteiger partial charge is 0.308 e. The lowest BCUT2D eigenvalue weighted by Crippen LogP contribution is -2.33. The van der Waals surface area contributed by atoms with Gasteiger partial charge in [-0.3, -0.25) is 9.59 Å². The number of benzene rings is 1. The number of halogens is 1. The summed E-state index contributed by atoms with van der Waals surface area (Å²) in [4.78, 5) is 28.8. The summed E-state index contributed by atoms with van der Waals surface area (Å²) in [5, 5.41) is 11.9. The van der Waals surface area contributed by atoms with Crippen molar-refractivity contribution in [1.82, 2.24) is 9.88 Å². The molecular weight excluding hydrogens is 324 g/mol. The monoisotopic (exact) mass is 338 g/mol. The minimum Gasteiger partial charge on any atom is -0.481 e. The van der Waals surface area contributed by atoms with Crippen molar-refractivity contribution < 1.29 is 14.7 Å². The van der Waals surface area contributed by atoms with Crippen LogP contribution in [0, 0.1) is 5.92 Å². The Kier molecular flexibility index (Phi) is 5.15. The van der Waals surface area contributed by atoms with Gasteiger partial charge in [-0.15, -0.1) is 11.3 Å². The van der Waals surface area contributed by atoms with Crippen molar-refractivity contribution in [1.29, 1.82) is 0 Å². The van der Waals surface area contributed by atoms with E-state index in [0.29, 0.717) is 10.7 Å². The van der Waals surface area contributed by atoms with Crippen molar-refractivity contribution in [3.8, 4) is 10.6 Å². The highest BCUT2D eigenvalue weighted by Crippen LogP contribution is 2.25. The normalized spacial score (nSPS) is 12.0. The van der Waals surface area contributed by atoms with E-state index in [-0.39, 0.29) is 12.5 Å². The Hall–Kier alpha value is -1.92. The van der Waals surface area contributed by atoms with Crippen LogP contribution in [-0.4, -0.2) is 40.5 Å². The third-order valence-corrected chi connectivity index (χ3v) is 4.27. The fourth-order valence-electron chi connectivity index (χ4n) is 1.86. The summed E-state index contributed by atoms with van der Waals surface area (Å²) in [5.74, 6) is -1.84. The van der Waals surface area contributed by atoms with E-state index < -0.39 is 11.9 Å². The van der Waals surface area contributed by atoms with Gasteiger partial charge in [0.1, 0.15) is 10.7 Å². The van der Waals surface area contributed by atoms with Gasteiger partial charge in [-0.25, -0.2) is 4.98 Å². The van der Waals surface area contributed by atoms with Crippen LogP contribution < -0.4 is 0 Å². The minimum absolute atomic E-state index is 0.141. The molecule has 0 aliphatic rings. The number of aliphatic carboxylic acids is 1. The second kappa shape index (κ2) is 6.89. The van der Waals surface area contributed by atoms with E-state index in [2.05, 4.69) is 4.98 Å². The Morgan fingerprint density at radius 1 is 1.36 bits per heavy atom. The number of carbonyl (C=O) groups is 2.